The molecule has 0 aliphatic heterocycles. The van der Waals surface area contributed by atoms with Gasteiger partial charge in [0.15, 0.2) is 5.69 Å². The molecule has 2 N–H and O–H groups in total. The molecule has 4 rings (SSSR count). The number of aromatic amines is 1. The van der Waals surface area contributed by atoms with Gasteiger partial charge in [0.05, 0.1) is 16.6 Å². The number of carbonyl (C=O) groups excluding carboxylic acids is 1. The van der Waals surface area contributed by atoms with Crippen LogP contribution in [0.3, 0.4) is 0 Å². The molecule has 2 aromatic heterocycles. The normalized spacial score (nSPS) is 14.3. The van der Waals surface area contributed by atoms with E-state index in [4.69, 9.17) is 0 Å². The van der Waals surface area contributed by atoms with Crippen LogP contribution >= 0.6 is 11.3 Å². The van der Waals surface area contributed by atoms with Gasteiger partial charge in [-0.1, -0.05) is 24.3 Å². The second kappa shape index (κ2) is 6.48. The van der Waals surface area contributed by atoms with Gasteiger partial charge in [-0.25, -0.2) is 0 Å². The largest absolute Gasteiger partial charge is 0.344 e. The number of aromatic nitrogens is 2. The minimum atomic E-state index is -0.135. The summed E-state index contributed by atoms with van der Waals surface area (Å²) < 4.78 is 0. The Balaban J connectivity index is 1.52. The van der Waals surface area contributed by atoms with Crippen LogP contribution in [0.5, 0.6) is 0 Å². The molecule has 1 amide bonds. The number of thiophene rings is 1. The Kier molecular flexibility index (Phi) is 4.17. The molecule has 0 saturated carbocycles. The molecule has 3 aromatic rings. The third kappa shape index (κ3) is 3.00. The standard InChI is InChI=1S/C20H21N3OS/c1-12-18(17-7-4-10-25-17)22-23-19(12)20(24)21-13(2)15-9-8-14-5-3-6-16(14)11-15/h4,7-11,13H,3,5-6H2,1-2H3,(H,21,24)(H,22,23)/t13-/m1/s1. The molecule has 1 aliphatic rings. The number of nitrogens with one attached hydrogen (secondary N) is 2. The highest BCUT2D eigenvalue weighted by molar-refractivity contribution is 7.13. The van der Waals surface area contributed by atoms with Crippen LogP contribution in [0.2, 0.25) is 0 Å². The van der Waals surface area contributed by atoms with Crippen LogP contribution < -0.4 is 5.32 Å². The third-order valence-electron chi connectivity index (χ3n) is 4.96. The molecule has 0 fully saturated rings. The van der Waals surface area contributed by atoms with Gasteiger partial charge >= 0.3 is 0 Å². The van der Waals surface area contributed by atoms with Crippen LogP contribution in [0.1, 0.15) is 52.1 Å². The van der Waals surface area contributed by atoms with Crippen molar-refractivity contribution in [1.82, 2.24) is 15.5 Å². The fourth-order valence-corrected chi connectivity index (χ4v) is 4.27. The van der Waals surface area contributed by atoms with Crippen molar-refractivity contribution >= 4 is 17.2 Å². The minimum Gasteiger partial charge on any atom is -0.344 e. The van der Waals surface area contributed by atoms with Crippen LogP contribution in [-0.2, 0) is 12.8 Å². The van der Waals surface area contributed by atoms with Crippen LogP contribution in [0.4, 0.5) is 0 Å². The zero-order valence-electron chi connectivity index (χ0n) is 14.4. The number of carbonyl (C=O) groups is 1. The van der Waals surface area contributed by atoms with Crippen molar-refractivity contribution in [3.05, 3.63) is 63.7 Å². The van der Waals surface area contributed by atoms with Crippen molar-refractivity contribution in [2.45, 2.75) is 39.2 Å². The highest BCUT2D eigenvalue weighted by atomic mass is 32.1. The summed E-state index contributed by atoms with van der Waals surface area (Å²) >= 11 is 1.63. The lowest BCUT2D eigenvalue weighted by molar-refractivity contribution is 0.0934. The number of hydrogen-bond donors (Lipinski definition) is 2. The number of nitrogens with zero attached hydrogens (tertiary/aromatic N) is 1. The molecule has 0 spiro atoms. The van der Waals surface area contributed by atoms with Crippen LogP contribution in [-0.4, -0.2) is 16.1 Å². The van der Waals surface area contributed by atoms with Crippen molar-refractivity contribution in [2.24, 2.45) is 0 Å². The molecular weight excluding hydrogens is 330 g/mol. The molecule has 0 radical (unpaired) electrons. The molecule has 0 unspecified atom stereocenters. The predicted octanol–water partition coefficient (Wildman–Crippen LogP) is 4.43. The van der Waals surface area contributed by atoms with E-state index in [2.05, 4.69) is 33.7 Å². The van der Waals surface area contributed by atoms with E-state index < -0.39 is 0 Å². The molecule has 1 aliphatic carbocycles. The van der Waals surface area contributed by atoms with Gasteiger partial charge in [0.1, 0.15) is 0 Å². The average Bonchev–Trinajstić information content (AvgIpc) is 3.34. The summed E-state index contributed by atoms with van der Waals surface area (Å²) in [5, 5.41) is 12.4. The quantitative estimate of drug-likeness (QED) is 0.731. The summed E-state index contributed by atoms with van der Waals surface area (Å²) in [4.78, 5) is 13.8. The van der Waals surface area contributed by atoms with Gasteiger partial charge < -0.3 is 5.32 Å². The smallest absolute Gasteiger partial charge is 0.272 e. The van der Waals surface area contributed by atoms with Gasteiger partial charge in [-0.2, -0.15) is 5.10 Å². The van der Waals surface area contributed by atoms with Crippen molar-refractivity contribution in [1.29, 1.82) is 0 Å². The summed E-state index contributed by atoms with van der Waals surface area (Å²) in [5.74, 6) is -0.135. The fraction of sp³-hybridized carbons (Fsp3) is 0.300. The lowest BCUT2D eigenvalue weighted by Gasteiger charge is -2.15. The highest BCUT2D eigenvalue weighted by Gasteiger charge is 2.20. The Morgan fingerprint density at radius 3 is 2.92 bits per heavy atom. The Morgan fingerprint density at radius 1 is 1.28 bits per heavy atom. The Hall–Kier alpha value is -2.40. The minimum absolute atomic E-state index is 0.0420. The van der Waals surface area contributed by atoms with Gasteiger partial charge in [-0.15, -0.1) is 11.3 Å². The van der Waals surface area contributed by atoms with E-state index in [9.17, 15) is 4.79 Å². The van der Waals surface area contributed by atoms with E-state index in [-0.39, 0.29) is 11.9 Å². The van der Waals surface area contributed by atoms with E-state index >= 15 is 0 Å². The second-order valence-corrected chi connectivity index (χ2v) is 7.57. The summed E-state index contributed by atoms with van der Waals surface area (Å²) in [6.07, 6.45) is 3.55. The maximum atomic E-state index is 12.7. The summed E-state index contributed by atoms with van der Waals surface area (Å²) in [6, 6.07) is 10.6. The molecule has 0 bridgehead atoms. The molecule has 128 valence electrons. The number of fused-ring (bicyclic) bond motifs is 1. The van der Waals surface area contributed by atoms with Crippen molar-refractivity contribution in [3.8, 4) is 10.6 Å². The highest BCUT2D eigenvalue weighted by Crippen LogP contribution is 2.28. The molecule has 5 heteroatoms. The molecule has 25 heavy (non-hydrogen) atoms. The van der Waals surface area contributed by atoms with Gasteiger partial charge in [-0.05, 0) is 61.2 Å². The van der Waals surface area contributed by atoms with Crippen LogP contribution in [0, 0.1) is 6.92 Å². The molecule has 1 atom stereocenters. The number of amides is 1. The molecule has 4 nitrogen and oxygen atoms in total. The van der Waals surface area contributed by atoms with Gasteiger partial charge in [0.25, 0.3) is 5.91 Å². The van der Waals surface area contributed by atoms with Crippen molar-refractivity contribution in [3.63, 3.8) is 0 Å². The van der Waals surface area contributed by atoms with E-state index in [0.29, 0.717) is 5.69 Å². The van der Waals surface area contributed by atoms with E-state index in [1.54, 1.807) is 11.3 Å². The van der Waals surface area contributed by atoms with Crippen molar-refractivity contribution in [2.75, 3.05) is 0 Å². The number of aryl methyl sites for hydroxylation is 2. The first-order chi connectivity index (χ1) is 12.1. The topological polar surface area (TPSA) is 57.8 Å². The Labute approximate surface area is 151 Å². The second-order valence-electron chi connectivity index (χ2n) is 6.63. The summed E-state index contributed by atoms with van der Waals surface area (Å²) in [5.41, 5.74) is 6.31. The van der Waals surface area contributed by atoms with E-state index in [0.717, 1.165) is 28.1 Å². The van der Waals surface area contributed by atoms with Crippen LogP contribution in [0.15, 0.2) is 35.7 Å². The first kappa shape index (κ1) is 16.1. The lowest BCUT2D eigenvalue weighted by atomic mass is 10.0. The maximum absolute atomic E-state index is 12.7. The zero-order valence-corrected chi connectivity index (χ0v) is 15.2. The maximum Gasteiger partial charge on any atom is 0.272 e. The first-order valence-electron chi connectivity index (χ1n) is 8.65. The zero-order chi connectivity index (χ0) is 17.4. The first-order valence-corrected chi connectivity index (χ1v) is 9.53. The van der Waals surface area contributed by atoms with E-state index in [1.165, 1.54) is 24.0 Å². The monoisotopic (exact) mass is 351 g/mol. The Bertz CT molecular complexity index is 911. The number of rotatable bonds is 4. The molecule has 2 heterocycles. The average molecular weight is 351 g/mol. The summed E-state index contributed by atoms with van der Waals surface area (Å²) in [6.45, 7) is 3.96. The lowest BCUT2D eigenvalue weighted by Crippen LogP contribution is -2.27. The number of H-pyrrole nitrogens is 1. The number of hydrogen-bond acceptors (Lipinski definition) is 3. The van der Waals surface area contributed by atoms with Gasteiger partial charge in [0.2, 0.25) is 0 Å². The van der Waals surface area contributed by atoms with Crippen molar-refractivity contribution < 1.29 is 4.79 Å². The number of benzene rings is 1. The summed E-state index contributed by atoms with van der Waals surface area (Å²) in [7, 11) is 0. The predicted molar refractivity (Wildman–Crippen MR) is 101 cm³/mol. The third-order valence-corrected chi connectivity index (χ3v) is 5.85. The van der Waals surface area contributed by atoms with Gasteiger partial charge in [-0.3, -0.25) is 9.89 Å². The Morgan fingerprint density at radius 2 is 2.12 bits per heavy atom. The fourth-order valence-electron chi connectivity index (χ4n) is 3.49. The van der Waals surface area contributed by atoms with E-state index in [1.807, 2.05) is 31.4 Å². The SMILES string of the molecule is Cc1c(C(=O)N[C@H](C)c2ccc3c(c2)CCC3)n[nH]c1-c1cccs1. The van der Waals surface area contributed by atoms with Crippen LogP contribution in [0.25, 0.3) is 10.6 Å². The molecule has 0 saturated heterocycles. The van der Waals surface area contributed by atoms with Gasteiger partial charge in [0, 0.05) is 5.56 Å². The molecular formula is C20H21N3OS. The molecule has 1 aromatic carbocycles.